The second kappa shape index (κ2) is 5.59. The number of ether oxygens (including phenoxy) is 1. The highest BCUT2D eigenvalue weighted by molar-refractivity contribution is 9.10. The van der Waals surface area contributed by atoms with Crippen molar-refractivity contribution >= 4 is 15.9 Å². The number of furan rings is 1. The summed E-state index contributed by atoms with van der Waals surface area (Å²) >= 11 is 3.46. The molecule has 0 spiro atoms. The molecule has 2 N–H and O–H groups in total. The molecule has 96 valence electrons. The molecule has 0 saturated carbocycles. The predicted molar refractivity (Wildman–Crippen MR) is 74.8 cm³/mol. The Bertz CT molecular complexity index is 536. The van der Waals surface area contributed by atoms with Gasteiger partial charge in [0.2, 0.25) is 0 Å². The van der Waals surface area contributed by atoms with Gasteiger partial charge in [0.05, 0.1) is 19.4 Å². The maximum atomic E-state index is 6.32. The summed E-state index contributed by atoms with van der Waals surface area (Å²) in [6, 6.07) is 7.50. The van der Waals surface area contributed by atoms with Crippen molar-refractivity contribution in [1.29, 1.82) is 0 Å². The van der Waals surface area contributed by atoms with Crippen LogP contribution in [0.15, 0.2) is 39.4 Å². The van der Waals surface area contributed by atoms with E-state index >= 15 is 0 Å². The Labute approximate surface area is 115 Å². The van der Waals surface area contributed by atoms with Gasteiger partial charge in [-0.15, -0.1) is 0 Å². The van der Waals surface area contributed by atoms with Gasteiger partial charge in [-0.2, -0.15) is 0 Å². The van der Waals surface area contributed by atoms with E-state index in [2.05, 4.69) is 15.9 Å². The van der Waals surface area contributed by atoms with Crippen molar-refractivity contribution in [2.24, 2.45) is 5.73 Å². The zero-order chi connectivity index (χ0) is 13.1. The first-order valence-electron chi connectivity index (χ1n) is 5.82. The maximum Gasteiger partial charge on any atom is 0.124 e. The van der Waals surface area contributed by atoms with E-state index in [1.165, 1.54) is 0 Å². The summed E-state index contributed by atoms with van der Waals surface area (Å²) in [5, 5.41) is 0. The molecule has 1 aromatic carbocycles. The molecule has 1 atom stereocenters. The van der Waals surface area contributed by atoms with E-state index in [-0.39, 0.29) is 6.04 Å². The molecule has 0 bridgehead atoms. The third-order valence-corrected chi connectivity index (χ3v) is 3.46. The molecule has 1 heterocycles. The summed E-state index contributed by atoms with van der Waals surface area (Å²) in [5.41, 5.74) is 8.28. The van der Waals surface area contributed by atoms with Gasteiger partial charge in [-0.3, -0.25) is 0 Å². The first-order chi connectivity index (χ1) is 8.67. The molecule has 1 unspecified atom stereocenters. The summed E-state index contributed by atoms with van der Waals surface area (Å²) in [6.45, 7) is 2.05. The summed E-state index contributed by atoms with van der Waals surface area (Å²) in [5.74, 6) is 1.71. The Kier molecular flexibility index (Phi) is 4.09. The molecule has 0 aliphatic heterocycles. The average Bonchev–Trinajstić information content (AvgIpc) is 2.86. The van der Waals surface area contributed by atoms with E-state index in [0.29, 0.717) is 0 Å². The number of aryl methyl sites for hydroxylation is 1. The van der Waals surface area contributed by atoms with Gasteiger partial charge in [-0.1, -0.05) is 22.9 Å². The molecule has 0 fully saturated rings. The number of methoxy groups -OCH3 is 1. The molecule has 0 saturated heterocycles. The topological polar surface area (TPSA) is 48.4 Å². The van der Waals surface area contributed by atoms with Gasteiger partial charge < -0.3 is 14.9 Å². The number of nitrogens with two attached hydrogens (primary N) is 1. The second-order valence-corrected chi connectivity index (χ2v) is 4.93. The van der Waals surface area contributed by atoms with E-state index in [1.807, 2.05) is 31.2 Å². The zero-order valence-electron chi connectivity index (χ0n) is 10.4. The number of hydrogen-bond donors (Lipinski definition) is 1. The normalized spacial score (nSPS) is 12.4. The lowest BCUT2D eigenvalue weighted by atomic mass is 9.98. The minimum atomic E-state index is -0.244. The molecule has 2 aromatic rings. The van der Waals surface area contributed by atoms with Crippen LogP contribution in [0.25, 0.3) is 0 Å². The van der Waals surface area contributed by atoms with Crippen LogP contribution in [-0.2, 0) is 6.42 Å². The van der Waals surface area contributed by atoms with Crippen molar-refractivity contribution in [3.05, 3.63) is 51.9 Å². The van der Waals surface area contributed by atoms with Gasteiger partial charge >= 0.3 is 0 Å². The van der Waals surface area contributed by atoms with E-state index in [1.54, 1.807) is 13.4 Å². The van der Waals surface area contributed by atoms with Crippen LogP contribution >= 0.6 is 15.9 Å². The Balaban J connectivity index is 2.45. The number of hydrogen-bond acceptors (Lipinski definition) is 3. The van der Waals surface area contributed by atoms with E-state index in [9.17, 15) is 0 Å². The van der Waals surface area contributed by atoms with Crippen LogP contribution < -0.4 is 10.5 Å². The molecule has 2 rings (SSSR count). The van der Waals surface area contributed by atoms with E-state index < -0.39 is 0 Å². The lowest BCUT2D eigenvalue weighted by molar-refractivity contribution is 0.407. The number of halogens is 1. The van der Waals surface area contributed by atoms with Crippen LogP contribution in [0.1, 0.15) is 29.9 Å². The van der Waals surface area contributed by atoms with Crippen LogP contribution in [-0.4, -0.2) is 7.11 Å². The molecule has 0 aliphatic rings. The third kappa shape index (κ3) is 2.44. The Morgan fingerprint density at radius 3 is 2.78 bits per heavy atom. The maximum absolute atomic E-state index is 6.32. The van der Waals surface area contributed by atoms with Crippen molar-refractivity contribution in [2.75, 3.05) is 7.11 Å². The predicted octanol–water partition coefficient (Wildman–Crippen LogP) is 3.66. The van der Waals surface area contributed by atoms with Gasteiger partial charge in [0.1, 0.15) is 11.5 Å². The number of rotatable bonds is 4. The van der Waals surface area contributed by atoms with Gasteiger partial charge in [0, 0.05) is 22.0 Å². The highest BCUT2D eigenvalue weighted by Gasteiger charge is 2.18. The van der Waals surface area contributed by atoms with E-state index in [0.717, 1.165) is 33.5 Å². The largest absolute Gasteiger partial charge is 0.496 e. The van der Waals surface area contributed by atoms with Crippen molar-refractivity contribution in [2.45, 2.75) is 19.4 Å². The quantitative estimate of drug-likeness (QED) is 0.937. The van der Waals surface area contributed by atoms with Gasteiger partial charge in [0.15, 0.2) is 0 Å². The summed E-state index contributed by atoms with van der Waals surface area (Å²) in [4.78, 5) is 0. The van der Waals surface area contributed by atoms with Crippen molar-refractivity contribution in [1.82, 2.24) is 0 Å². The molecular formula is C14H16BrNO2. The fourth-order valence-electron chi connectivity index (χ4n) is 2.03. The van der Waals surface area contributed by atoms with Crippen LogP contribution in [0.4, 0.5) is 0 Å². The minimum absolute atomic E-state index is 0.244. The molecule has 0 radical (unpaired) electrons. The lowest BCUT2D eigenvalue weighted by Gasteiger charge is -2.16. The van der Waals surface area contributed by atoms with Crippen LogP contribution in [0.5, 0.6) is 5.75 Å². The molecule has 1 aromatic heterocycles. The monoisotopic (exact) mass is 309 g/mol. The molecular weight excluding hydrogens is 294 g/mol. The molecule has 4 heteroatoms. The fourth-order valence-corrected chi connectivity index (χ4v) is 2.41. The smallest absolute Gasteiger partial charge is 0.124 e. The van der Waals surface area contributed by atoms with Gasteiger partial charge in [-0.05, 0) is 24.3 Å². The Hall–Kier alpha value is -1.26. The van der Waals surface area contributed by atoms with E-state index in [4.69, 9.17) is 14.9 Å². The SMILES string of the molecule is CCc1occc1C(N)c1cc(Br)ccc1OC. The molecule has 18 heavy (non-hydrogen) atoms. The first-order valence-corrected chi connectivity index (χ1v) is 6.62. The standard InChI is InChI=1S/C14H16BrNO2/c1-3-12-10(6-7-18-12)14(16)11-8-9(15)4-5-13(11)17-2/h4-8,14H,3,16H2,1-2H3. The van der Waals surface area contributed by atoms with Crippen molar-refractivity contribution in [3.8, 4) is 5.75 Å². The van der Waals surface area contributed by atoms with Crippen molar-refractivity contribution < 1.29 is 9.15 Å². The number of benzene rings is 1. The molecule has 0 amide bonds. The van der Waals surface area contributed by atoms with Gasteiger partial charge in [0.25, 0.3) is 0 Å². The Morgan fingerprint density at radius 1 is 1.33 bits per heavy atom. The lowest BCUT2D eigenvalue weighted by Crippen LogP contribution is -2.14. The zero-order valence-corrected chi connectivity index (χ0v) is 12.0. The van der Waals surface area contributed by atoms with Crippen molar-refractivity contribution in [3.63, 3.8) is 0 Å². The summed E-state index contributed by atoms with van der Waals surface area (Å²) in [7, 11) is 1.65. The second-order valence-electron chi connectivity index (χ2n) is 4.02. The molecule has 3 nitrogen and oxygen atoms in total. The Morgan fingerprint density at radius 2 is 2.11 bits per heavy atom. The van der Waals surface area contributed by atoms with Gasteiger partial charge in [-0.25, -0.2) is 0 Å². The van der Waals surface area contributed by atoms with Crippen LogP contribution in [0.3, 0.4) is 0 Å². The fraction of sp³-hybridized carbons (Fsp3) is 0.286. The summed E-state index contributed by atoms with van der Waals surface area (Å²) < 4.78 is 11.8. The first kappa shape index (κ1) is 13.2. The van der Waals surface area contributed by atoms with Crippen LogP contribution in [0.2, 0.25) is 0 Å². The minimum Gasteiger partial charge on any atom is -0.496 e. The molecule has 0 aliphatic carbocycles. The third-order valence-electron chi connectivity index (χ3n) is 2.96. The summed E-state index contributed by atoms with van der Waals surface area (Å²) in [6.07, 6.45) is 2.50. The highest BCUT2D eigenvalue weighted by Crippen LogP contribution is 2.32. The highest BCUT2D eigenvalue weighted by atomic mass is 79.9. The van der Waals surface area contributed by atoms with Crippen LogP contribution in [0, 0.1) is 0 Å². The average molecular weight is 310 g/mol.